The molecule has 23 heavy (non-hydrogen) atoms. The predicted molar refractivity (Wildman–Crippen MR) is 97.9 cm³/mol. The fourth-order valence-corrected chi connectivity index (χ4v) is 4.58. The zero-order valence-corrected chi connectivity index (χ0v) is 15.7. The summed E-state index contributed by atoms with van der Waals surface area (Å²) in [6.07, 6.45) is 0. The van der Waals surface area contributed by atoms with E-state index in [0.29, 0.717) is 0 Å². The van der Waals surface area contributed by atoms with Crippen molar-refractivity contribution in [2.75, 3.05) is 40.4 Å². The Bertz CT molecular complexity index is 656. The van der Waals surface area contributed by atoms with Crippen molar-refractivity contribution in [2.24, 2.45) is 0 Å². The van der Waals surface area contributed by atoms with Crippen molar-refractivity contribution < 1.29 is 9.47 Å². The van der Waals surface area contributed by atoms with Crippen LogP contribution in [0, 0.1) is 0 Å². The Labute approximate surface area is 149 Å². The molecule has 1 aromatic carbocycles. The molecule has 1 saturated heterocycles. The number of methoxy groups -OCH3 is 2. The minimum Gasteiger partial charge on any atom is -0.493 e. The molecule has 1 N–H and O–H groups in total. The molecule has 0 bridgehead atoms. The number of ether oxygens (including phenoxy) is 2. The van der Waals surface area contributed by atoms with Gasteiger partial charge in [-0.2, -0.15) is 0 Å². The van der Waals surface area contributed by atoms with Crippen molar-refractivity contribution >= 4 is 27.3 Å². The number of nitrogens with one attached hydrogen (secondary N) is 1. The molecule has 0 radical (unpaired) electrons. The number of halogens is 1. The molecule has 2 aromatic rings. The van der Waals surface area contributed by atoms with E-state index in [4.69, 9.17) is 9.47 Å². The Morgan fingerprint density at radius 3 is 2.43 bits per heavy atom. The van der Waals surface area contributed by atoms with Crippen molar-refractivity contribution in [1.29, 1.82) is 0 Å². The lowest BCUT2D eigenvalue weighted by molar-refractivity contribution is 0.200. The molecule has 6 heteroatoms. The van der Waals surface area contributed by atoms with Crippen LogP contribution < -0.4 is 14.8 Å². The van der Waals surface area contributed by atoms with Gasteiger partial charge in [0.1, 0.15) is 0 Å². The van der Waals surface area contributed by atoms with Crippen molar-refractivity contribution in [2.45, 2.75) is 6.04 Å². The van der Waals surface area contributed by atoms with Gasteiger partial charge in [-0.1, -0.05) is 6.07 Å². The summed E-state index contributed by atoms with van der Waals surface area (Å²) < 4.78 is 12.0. The van der Waals surface area contributed by atoms with Gasteiger partial charge in [-0.05, 0) is 45.8 Å². The van der Waals surface area contributed by atoms with Gasteiger partial charge < -0.3 is 14.8 Å². The topological polar surface area (TPSA) is 33.7 Å². The number of hydrogen-bond donors (Lipinski definition) is 1. The van der Waals surface area contributed by atoms with Gasteiger partial charge in [0, 0.05) is 31.1 Å². The van der Waals surface area contributed by atoms with Crippen molar-refractivity contribution in [3.05, 3.63) is 44.6 Å². The smallest absolute Gasteiger partial charge is 0.161 e. The third-order valence-electron chi connectivity index (χ3n) is 4.10. The number of rotatable bonds is 5. The van der Waals surface area contributed by atoms with Crippen LogP contribution >= 0.6 is 27.3 Å². The first-order valence-electron chi connectivity index (χ1n) is 7.65. The third-order valence-corrected chi connectivity index (χ3v) is 5.78. The van der Waals surface area contributed by atoms with Gasteiger partial charge in [0.15, 0.2) is 11.5 Å². The maximum atomic E-state index is 5.49. The molecular weight excluding hydrogens is 376 g/mol. The number of nitrogens with zero attached hydrogens (tertiary/aromatic N) is 1. The fourth-order valence-electron chi connectivity index (χ4n) is 2.99. The van der Waals surface area contributed by atoms with E-state index in [-0.39, 0.29) is 6.04 Å². The molecule has 1 atom stereocenters. The molecule has 0 aliphatic carbocycles. The lowest BCUT2D eigenvalue weighted by Crippen LogP contribution is -2.45. The van der Waals surface area contributed by atoms with Gasteiger partial charge in [0.2, 0.25) is 0 Å². The Hall–Kier alpha value is -1.08. The second-order valence-electron chi connectivity index (χ2n) is 5.44. The molecule has 1 fully saturated rings. The van der Waals surface area contributed by atoms with E-state index in [2.05, 4.69) is 50.4 Å². The minimum absolute atomic E-state index is 0.244. The van der Waals surface area contributed by atoms with Gasteiger partial charge in [0.05, 0.1) is 24.0 Å². The van der Waals surface area contributed by atoms with Crippen LogP contribution in [0.2, 0.25) is 0 Å². The molecule has 1 aliphatic heterocycles. The summed E-state index contributed by atoms with van der Waals surface area (Å²) in [4.78, 5) is 3.86. The summed E-state index contributed by atoms with van der Waals surface area (Å²) in [6.45, 7) is 4.12. The van der Waals surface area contributed by atoms with Crippen molar-refractivity contribution in [1.82, 2.24) is 10.2 Å². The van der Waals surface area contributed by atoms with E-state index in [1.165, 1.54) is 10.4 Å². The van der Waals surface area contributed by atoms with E-state index in [1.54, 1.807) is 25.6 Å². The third kappa shape index (κ3) is 3.71. The first kappa shape index (κ1) is 16.8. The van der Waals surface area contributed by atoms with Gasteiger partial charge in [-0.15, -0.1) is 11.3 Å². The maximum absolute atomic E-state index is 5.49. The predicted octanol–water partition coefficient (Wildman–Crippen LogP) is 3.52. The number of piperazine rings is 1. The van der Waals surface area contributed by atoms with Gasteiger partial charge in [0.25, 0.3) is 0 Å². The minimum atomic E-state index is 0.244. The zero-order chi connectivity index (χ0) is 16.2. The molecule has 0 spiro atoms. The summed E-state index contributed by atoms with van der Waals surface area (Å²) in [6, 6.07) is 10.8. The largest absolute Gasteiger partial charge is 0.493 e. The molecule has 0 saturated carbocycles. The number of hydrogen-bond acceptors (Lipinski definition) is 5. The molecule has 1 aromatic heterocycles. The molecular formula is C17H21BrN2O2S. The average Bonchev–Trinajstić information content (AvgIpc) is 3.02. The Morgan fingerprint density at radius 2 is 1.83 bits per heavy atom. The average molecular weight is 397 g/mol. The summed E-state index contributed by atoms with van der Waals surface area (Å²) in [5.74, 6) is 1.54. The highest BCUT2D eigenvalue weighted by atomic mass is 79.9. The highest BCUT2D eigenvalue weighted by Crippen LogP contribution is 2.38. The van der Waals surface area contributed by atoms with Gasteiger partial charge in [-0.3, -0.25) is 4.90 Å². The zero-order valence-electron chi connectivity index (χ0n) is 13.3. The van der Waals surface area contributed by atoms with Crippen LogP contribution in [-0.4, -0.2) is 45.3 Å². The standard InChI is InChI=1S/C17H21BrN2O2S/c1-21-13-4-3-12(11-14(13)22-2)17(15-5-6-16(18)23-15)20-9-7-19-8-10-20/h3-6,11,17,19H,7-10H2,1-2H3. The Morgan fingerprint density at radius 1 is 1.09 bits per heavy atom. The van der Waals surface area contributed by atoms with E-state index < -0.39 is 0 Å². The second kappa shape index (κ2) is 7.66. The highest BCUT2D eigenvalue weighted by molar-refractivity contribution is 9.11. The lowest BCUT2D eigenvalue weighted by Gasteiger charge is -2.35. The van der Waals surface area contributed by atoms with Crippen LogP contribution in [0.1, 0.15) is 16.5 Å². The lowest BCUT2D eigenvalue weighted by atomic mass is 10.0. The molecule has 1 aliphatic rings. The summed E-state index contributed by atoms with van der Waals surface area (Å²) in [5.41, 5.74) is 1.24. The first-order valence-corrected chi connectivity index (χ1v) is 9.26. The van der Waals surface area contributed by atoms with Crippen LogP contribution in [0.3, 0.4) is 0 Å². The van der Waals surface area contributed by atoms with Crippen molar-refractivity contribution in [3.63, 3.8) is 0 Å². The van der Waals surface area contributed by atoms with Crippen LogP contribution in [0.15, 0.2) is 34.1 Å². The number of thiophene rings is 1. The quantitative estimate of drug-likeness (QED) is 0.837. The molecule has 124 valence electrons. The SMILES string of the molecule is COc1ccc(C(c2ccc(Br)s2)N2CCNCC2)cc1OC. The summed E-state index contributed by atoms with van der Waals surface area (Å²) in [5, 5.41) is 3.43. The Balaban J connectivity index is 2.00. The Kier molecular flexibility index (Phi) is 5.58. The van der Waals surface area contributed by atoms with Crippen LogP contribution in [0.5, 0.6) is 11.5 Å². The molecule has 4 nitrogen and oxygen atoms in total. The second-order valence-corrected chi connectivity index (χ2v) is 7.94. The number of benzene rings is 1. The summed E-state index contributed by atoms with van der Waals surface area (Å²) in [7, 11) is 3.35. The summed E-state index contributed by atoms with van der Waals surface area (Å²) >= 11 is 5.38. The van der Waals surface area contributed by atoms with E-state index in [9.17, 15) is 0 Å². The highest BCUT2D eigenvalue weighted by Gasteiger charge is 2.26. The molecule has 1 unspecified atom stereocenters. The van der Waals surface area contributed by atoms with E-state index >= 15 is 0 Å². The van der Waals surface area contributed by atoms with Crippen LogP contribution in [0.25, 0.3) is 0 Å². The molecule has 2 heterocycles. The van der Waals surface area contributed by atoms with Crippen LogP contribution in [-0.2, 0) is 0 Å². The van der Waals surface area contributed by atoms with E-state index in [1.807, 2.05) is 6.07 Å². The fraction of sp³-hybridized carbons (Fsp3) is 0.412. The maximum Gasteiger partial charge on any atom is 0.161 e. The van der Waals surface area contributed by atoms with Gasteiger partial charge in [-0.25, -0.2) is 0 Å². The van der Waals surface area contributed by atoms with Crippen molar-refractivity contribution in [3.8, 4) is 11.5 Å². The van der Waals surface area contributed by atoms with Gasteiger partial charge >= 0.3 is 0 Å². The normalized spacial score (nSPS) is 17.0. The molecule has 0 amide bonds. The first-order chi connectivity index (χ1) is 11.2. The van der Waals surface area contributed by atoms with Crippen LogP contribution in [0.4, 0.5) is 0 Å². The molecule has 3 rings (SSSR count). The van der Waals surface area contributed by atoms with E-state index in [0.717, 1.165) is 41.5 Å². The monoisotopic (exact) mass is 396 g/mol.